The highest BCUT2D eigenvalue weighted by molar-refractivity contribution is 5.76. The first-order valence-corrected chi connectivity index (χ1v) is 6.75. The maximum atomic E-state index is 11.7. The van der Waals surface area contributed by atoms with Gasteiger partial charge in [-0.3, -0.25) is 4.79 Å². The number of terminal acetylenes is 1. The Labute approximate surface area is 105 Å². The lowest BCUT2D eigenvalue weighted by molar-refractivity contribution is -0.121. The van der Waals surface area contributed by atoms with Gasteiger partial charge in [0.25, 0.3) is 0 Å². The van der Waals surface area contributed by atoms with Gasteiger partial charge in [0.05, 0.1) is 6.04 Å². The summed E-state index contributed by atoms with van der Waals surface area (Å²) >= 11 is 0. The van der Waals surface area contributed by atoms with E-state index in [2.05, 4.69) is 23.5 Å². The lowest BCUT2D eigenvalue weighted by Crippen LogP contribution is -2.37. The Morgan fingerprint density at radius 2 is 2.41 bits per heavy atom. The second-order valence-electron chi connectivity index (χ2n) is 4.76. The predicted molar refractivity (Wildman–Crippen MR) is 70.5 cm³/mol. The Morgan fingerprint density at radius 1 is 1.59 bits per heavy atom. The van der Waals surface area contributed by atoms with E-state index in [-0.39, 0.29) is 11.9 Å². The van der Waals surface area contributed by atoms with Crippen LogP contribution in [0.25, 0.3) is 0 Å². The van der Waals surface area contributed by atoms with Crippen LogP contribution in [0.2, 0.25) is 0 Å². The van der Waals surface area contributed by atoms with Crippen LogP contribution in [0.15, 0.2) is 0 Å². The van der Waals surface area contributed by atoms with Crippen molar-refractivity contribution in [3.05, 3.63) is 0 Å². The summed E-state index contributed by atoms with van der Waals surface area (Å²) in [5, 5.41) is 6.35. The van der Waals surface area contributed by atoms with Crippen LogP contribution in [0, 0.1) is 12.3 Å². The Kier molecular flexibility index (Phi) is 6.73. The maximum absolute atomic E-state index is 11.7. The van der Waals surface area contributed by atoms with Gasteiger partial charge in [-0.05, 0) is 32.2 Å². The van der Waals surface area contributed by atoms with E-state index in [1.165, 1.54) is 19.3 Å². The number of carbonyl (C=O) groups excluding carboxylic acids is 1. The van der Waals surface area contributed by atoms with Crippen molar-refractivity contribution in [1.29, 1.82) is 0 Å². The van der Waals surface area contributed by atoms with E-state index in [9.17, 15) is 4.79 Å². The van der Waals surface area contributed by atoms with Gasteiger partial charge in [-0.1, -0.05) is 25.7 Å². The zero-order valence-corrected chi connectivity index (χ0v) is 10.8. The van der Waals surface area contributed by atoms with E-state index < -0.39 is 0 Å². The van der Waals surface area contributed by atoms with Crippen molar-refractivity contribution in [3.63, 3.8) is 0 Å². The number of amides is 1. The van der Waals surface area contributed by atoms with Crippen molar-refractivity contribution in [3.8, 4) is 12.3 Å². The SMILES string of the molecule is C#CC(CCC)NC(=O)CCC1CCCCN1. The predicted octanol–water partition coefficient (Wildman–Crippen LogP) is 1.83. The lowest BCUT2D eigenvalue weighted by Gasteiger charge is -2.23. The summed E-state index contributed by atoms with van der Waals surface area (Å²) in [5.41, 5.74) is 0. The minimum Gasteiger partial charge on any atom is -0.342 e. The summed E-state index contributed by atoms with van der Waals surface area (Å²) in [4.78, 5) is 11.7. The summed E-state index contributed by atoms with van der Waals surface area (Å²) in [5.74, 6) is 2.72. The summed E-state index contributed by atoms with van der Waals surface area (Å²) in [6.07, 6.45) is 12.5. The Hall–Kier alpha value is -1.01. The molecule has 1 heterocycles. The largest absolute Gasteiger partial charge is 0.342 e. The van der Waals surface area contributed by atoms with E-state index in [0.29, 0.717) is 12.5 Å². The van der Waals surface area contributed by atoms with Crippen molar-refractivity contribution in [2.24, 2.45) is 0 Å². The standard InChI is InChI=1S/C14H24N2O/c1-3-7-12(4-2)16-14(17)10-9-13-8-5-6-11-15-13/h2,12-13,15H,3,5-11H2,1H3,(H,16,17). The molecule has 1 aliphatic rings. The minimum absolute atomic E-state index is 0.0909. The summed E-state index contributed by atoms with van der Waals surface area (Å²) in [6, 6.07) is 0.428. The average molecular weight is 236 g/mol. The van der Waals surface area contributed by atoms with E-state index >= 15 is 0 Å². The molecule has 0 spiro atoms. The van der Waals surface area contributed by atoms with Crippen molar-refractivity contribution in [1.82, 2.24) is 10.6 Å². The van der Waals surface area contributed by atoms with Gasteiger partial charge in [-0.15, -0.1) is 6.42 Å². The molecule has 2 atom stereocenters. The fourth-order valence-electron chi connectivity index (χ4n) is 2.23. The molecule has 1 rings (SSSR count). The third-order valence-electron chi connectivity index (χ3n) is 3.25. The van der Waals surface area contributed by atoms with E-state index in [0.717, 1.165) is 25.8 Å². The Balaban J connectivity index is 2.17. The molecule has 96 valence electrons. The van der Waals surface area contributed by atoms with Crippen molar-refractivity contribution in [2.45, 2.75) is 64.0 Å². The highest BCUT2D eigenvalue weighted by Gasteiger charge is 2.15. The quantitative estimate of drug-likeness (QED) is 0.691. The van der Waals surface area contributed by atoms with Gasteiger partial charge in [-0.25, -0.2) is 0 Å². The Bertz CT molecular complexity index is 264. The molecule has 0 aromatic heterocycles. The smallest absolute Gasteiger partial charge is 0.221 e. The molecule has 0 radical (unpaired) electrons. The van der Waals surface area contributed by atoms with Gasteiger partial charge >= 0.3 is 0 Å². The summed E-state index contributed by atoms with van der Waals surface area (Å²) in [6.45, 7) is 3.16. The number of carbonyl (C=O) groups is 1. The first kappa shape index (κ1) is 14.1. The number of rotatable bonds is 6. The summed E-state index contributed by atoms with van der Waals surface area (Å²) < 4.78 is 0. The average Bonchev–Trinajstić information content (AvgIpc) is 2.37. The number of nitrogens with one attached hydrogen (secondary N) is 2. The second kappa shape index (κ2) is 8.14. The second-order valence-corrected chi connectivity index (χ2v) is 4.76. The van der Waals surface area contributed by atoms with Gasteiger partial charge in [0.15, 0.2) is 0 Å². The van der Waals surface area contributed by atoms with Crippen LogP contribution in [0.5, 0.6) is 0 Å². The van der Waals surface area contributed by atoms with Gasteiger partial charge in [0.2, 0.25) is 5.91 Å². The highest BCUT2D eigenvalue weighted by Crippen LogP contribution is 2.11. The molecule has 2 unspecified atom stereocenters. The normalized spacial score (nSPS) is 21.5. The highest BCUT2D eigenvalue weighted by atomic mass is 16.1. The van der Waals surface area contributed by atoms with Crippen molar-refractivity contribution < 1.29 is 4.79 Å². The van der Waals surface area contributed by atoms with Crippen LogP contribution < -0.4 is 10.6 Å². The lowest BCUT2D eigenvalue weighted by atomic mass is 10.0. The topological polar surface area (TPSA) is 41.1 Å². The molecular weight excluding hydrogens is 212 g/mol. The molecule has 2 N–H and O–H groups in total. The third-order valence-corrected chi connectivity index (χ3v) is 3.25. The molecule has 0 aliphatic carbocycles. The maximum Gasteiger partial charge on any atom is 0.221 e. The fraction of sp³-hybridized carbons (Fsp3) is 0.786. The van der Waals surface area contributed by atoms with Crippen LogP contribution >= 0.6 is 0 Å². The monoisotopic (exact) mass is 236 g/mol. The van der Waals surface area contributed by atoms with Gasteiger partial charge in [-0.2, -0.15) is 0 Å². The molecule has 1 amide bonds. The van der Waals surface area contributed by atoms with Crippen molar-refractivity contribution in [2.75, 3.05) is 6.54 Å². The number of hydrogen-bond donors (Lipinski definition) is 2. The molecule has 17 heavy (non-hydrogen) atoms. The molecule has 1 saturated heterocycles. The van der Waals surface area contributed by atoms with Gasteiger partial charge in [0, 0.05) is 12.5 Å². The minimum atomic E-state index is -0.0909. The van der Waals surface area contributed by atoms with Crippen LogP contribution in [0.1, 0.15) is 51.9 Å². The molecule has 0 aromatic carbocycles. The first-order chi connectivity index (χ1) is 8.26. The van der Waals surface area contributed by atoms with Crippen LogP contribution in [-0.2, 0) is 4.79 Å². The zero-order chi connectivity index (χ0) is 12.5. The van der Waals surface area contributed by atoms with E-state index in [4.69, 9.17) is 6.42 Å². The molecule has 1 fully saturated rings. The van der Waals surface area contributed by atoms with Gasteiger partial charge < -0.3 is 10.6 Å². The number of piperidine rings is 1. The number of hydrogen-bond acceptors (Lipinski definition) is 2. The molecule has 0 bridgehead atoms. The Morgan fingerprint density at radius 3 is 3.00 bits per heavy atom. The zero-order valence-electron chi connectivity index (χ0n) is 10.8. The first-order valence-electron chi connectivity index (χ1n) is 6.75. The van der Waals surface area contributed by atoms with Crippen LogP contribution in [0.4, 0.5) is 0 Å². The van der Waals surface area contributed by atoms with Crippen LogP contribution in [0.3, 0.4) is 0 Å². The molecule has 3 nitrogen and oxygen atoms in total. The molecular formula is C14H24N2O. The molecule has 0 saturated carbocycles. The van der Waals surface area contributed by atoms with Crippen molar-refractivity contribution >= 4 is 5.91 Å². The van der Waals surface area contributed by atoms with E-state index in [1.54, 1.807) is 0 Å². The molecule has 3 heteroatoms. The summed E-state index contributed by atoms with van der Waals surface area (Å²) in [7, 11) is 0. The fourth-order valence-corrected chi connectivity index (χ4v) is 2.23. The molecule has 1 aliphatic heterocycles. The van der Waals surface area contributed by atoms with E-state index in [1.807, 2.05) is 0 Å². The van der Waals surface area contributed by atoms with Crippen LogP contribution in [-0.4, -0.2) is 24.5 Å². The van der Waals surface area contributed by atoms with Gasteiger partial charge in [0.1, 0.15) is 0 Å². The molecule has 0 aromatic rings. The third kappa shape index (κ3) is 5.74.